The fourth-order valence-electron chi connectivity index (χ4n) is 1.37. The van der Waals surface area contributed by atoms with E-state index in [1.165, 1.54) is 4.90 Å². The molecule has 1 atom stereocenters. The second kappa shape index (κ2) is 7.65. The lowest BCUT2D eigenvalue weighted by Crippen LogP contribution is -2.22. The molecule has 0 radical (unpaired) electrons. The molecule has 2 heteroatoms. The third-order valence-corrected chi connectivity index (χ3v) is 3.26. The fourth-order valence-corrected chi connectivity index (χ4v) is 2.05. The molecule has 1 rings (SSSR count). The van der Waals surface area contributed by atoms with Gasteiger partial charge < -0.3 is 4.74 Å². The summed E-state index contributed by atoms with van der Waals surface area (Å²) in [7, 11) is 0. The average molecular weight is 264 g/mol. The van der Waals surface area contributed by atoms with Crippen LogP contribution in [0.4, 0.5) is 0 Å². The molecule has 1 aromatic rings. The number of rotatable bonds is 6. The van der Waals surface area contributed by atoms with Gasteiger partial charge in [0, 0.05) is 4.90 Å². The Bertz CT molecular complexity index is 351. The van der Waals surface area contributed by atoms with Crippen LogP contribution in [0.3, 0.4) is 0 Å². The molecule has 0 saturated carbocycles. The third kappa shape index (κ3) is 7.57. The fraction of sp³-hybridized carbons (Fsp3) is 0.500. The van der Waals surface area contributed by atoms with E-state index >= 15 is 0 Å². The van der Waals surface area contributed by atoms with Gasteiger partial charge in [-0.15, -0.1) is 0 Å². The summed E-state index contributed by atoms with van der Waals surface area (Å²) in [6, 6.07) is 10.4. The molecule has 0 heterocycles. The average Bonchev–Trinajstić information content (AvgIpc) is 2.33. The van der Waals surface area contributed by atoms with Crippen LogP contribution in [0.5, 0.6) is 0 Å². The predicted molar refractivity (Wildman–Crippen MR) is 80.9 cm³/mol. The van der Waals surface area contributed by atoms with Crippen molar-refractivity contribution in [2.24, 2.45) is 5.92 Å². The molecule has 18 heavy (non-hydrogen) atoms. The first-order chi connectivity index (χ1) is 8.47. The Kier molecular flexibility index (Phi) is 6.51. The van der Waals surface area contributed by atoms with E-state index in [1.807, 2.05) is 6.07 Å². The molecule has 0 fully saturated rings. The highest BCUT2D eigenvalue weighted by Gasteiger charge is 2.11. The quantitative estimate of drug-likeness (QED) is 0.658. The van der Waals surface area contributed by atoms with Crippen molar-refractivity contribution in [2.75, 3.05) is 6.61 Å². The number of hydrogen-bond acceptors (Lipinski definition) is 2. The summed E-state index contributed by atoms with van der Waals surface area (Å²) in [5, 5.41) is 2.17. The van der Waals surface area contributed by atoms with Crippen molar-refractivity contribution in [1.82, 2.24) is 0 Å². The van der Waals surface area contributed by atoms with Gasteiger partial charge in [0.15, 0.2) is 0 Å². The van der Waals surface area contributed by atoms with Crippen molar-refractivity contribution in [3.8, 4) is 0 Å². The van der Waals surface area contributed by atoms with E-state index in [1.54, 1.807) is 11.8 Å². The van der Waals surface area contributed by atoms with Crippen LogP contribution in [0.2, 0.25) is 0 Å². The van der Waals surface area contributed by atoms with Crippen molar-refractivity contribution in [3.05, 3.63) is 41.8 Å². The molecule has 0 saturated heterocycles. The second-order valence-electron chi connectivity index (χ2n) is 5.57. The lowest BCUT2D eigenvalue weighted by Gasteiger charge is -2.21. The summed E-state index contributed by atoms with van der Waals surface area (Å²) in [6.07, 6.45) is 3.30. The largest absolute Gasteiger partial charge is 0.376 e. The number of hydrogen-bond donors (Lipinski definition) is 0. The van der Waals surface area contributed by atoms with Crippen LogP contribution in [-0.2, 0) is 4.74 Å². The topological polar surface area (TPSA) is 9.23 Å². The van der Waals surface area contributed by atoms with Crippen molar-refractivity contribution in [1.29, 1.82) is 0 Å². The molecule has 0 N–H and O–H groups in total. The molecule has 0 bridgehead atoms. The van der Waals surface area contributed by atoms with E-state index in [4.69, 9.17) is 4.74 Å². The SMILES string of the molecule is CC(C/C=C/Sc1ccccc1)COC(C)(C)C. The lowest BCUT2D eigenvalue weighted by molar-refractivity contribution is -0.0189. The normalized spacial score (nSPS) is 14.0. The van der Waals surface area contributed by atoms with Crippen molar-refractivity contribution < 1.29 is 4.74 Å². The van der Waals surface area contributed by atoms with Gasteiger partial charge in [-0.25, -0.2) is 0 Å². The summed E-state index contributed by atoms with van der Waals surface area (Å²) in [4.78, 5) is 1.28. The van der Waals surface area contributed by atoms with Crippen LogP contribution in [0, 0.1) is 5.92 Å². The highest BCUT2D eigenvalue weighted by atomic mass is 32.2. The number of thioether (sulfide) groups is 1. The van der Waals surface area contributed by atoms with E-state index < -0.39 is 0 Å². The molecular weight excluding hydrogens is 240 g/mol. The molecule has 100 valence electrons. The summed E-state index contributed by atoms with van der Waals surface area (Å²) >= 11 is 1.76. The smallest absolute Gasteiger partial charge is 0.0598 e. The van der Waals surface area contributed by atoms with Gasteiger partial charge in [0.2, 0.25) is 0 Å². The Morgan fingerprint density at radius 1 is 1.22 bits per heavy atom. The molecule has 1 nitrogen and oxygen atoms in total. The maximum Gasteiger partial charge on any atom is 0.0598 e. The van der Waals surface area contributed by atoms with E-state index in [0.717, 1.165) is 13.0 Å². The predicted octanol–water partition coefficient (Wildman–Crippen LogP) is 5.13. The first kappa shape index (κ1) is 15.3. The third-order valence-electron chi connectivity index (χ3n) is 2.38. The summed E-state index contributed by atoms with van der Waals surface area (Å²) < 4.78 is 5.77. The Balaban J connectivity index is 2.20. The molecule has 0 spiro atoms. The van der Waals surface area contributed by atoms with Gasteiger partial charge in [0.05, 0.1) is 12.2 Å². The number of benzene rings is 1. The van der Waals surface area contributed by atoms with E-state index in [-0.39, 0.29) is 5.60 Å². The molecular formula is C16H24OS. The number of ether oxygens (including phenoxy) is 1. The first-order valence-corrected chi connectivity index (χ1v) is 7.36. The minimum Gasteiger partial charge on any atom is -0.376 e. The summed E-state index contributed by atoms with van der Waals surface area (Å²) in [5.74, 6) is 0.567. The second-order valence-corrected chi connectivity index (χ2v) is 6.55. The molecule has 0 aliphatic carbocycles. The monoisotopic (exact) mass is 264 g/mol. The summed E-state index contributed by atoms with van der Waals surface area (Å²) in [6.45, 7) is 9.34. The van der Waals surface area contributed by atoms with Crippen molar-refractivity contribution >= 4 is 11.8 Å². The Morgan fingerprint density at radius 2 is 1.89 bits per heavy atom. The van der Waals surface area contributed by atoms with Gasteiger partial charge in [0.25, 0.3) is 0 Å². The van der Waals surface area contributed by atoms with Crippen LogP contribution in [0.25, 0.3) is 0 Å². The zero-order valence-electron chi connectivity index (χ0n) is 11.8. The zero-order chi connectivity index (χ0) is 13.4. The van der Waals surface area contributed by atoms with Gasteiger partial charge >= 0.3 is 0 Å². The van der Waals surface area contributed by atoms with E-state index in [9.17, 15) is 0 Å². The van der Waals surface area contributed by atoms with Gasteiger partial charge in [-0.1, -0.05) is 43.0 Å². The molecule has 1 unspecified atom stereocenters. The van der Waals surface area contributed by atoms with E-state index in [2.05, 4.69) is 63.4 Å². The Morgan fingerprint density at radius 3 is 2.50 bits per heavy atom. The van der Waals surface area contributed by atoms with Crippen LogP contribution in [-0.4, -0.2) is 12.2 Å². The maximum atomic E-state index is 5.77. The molecule has 0 amide bonds. The van der Waals surface area contributed by atoms with Crippen LogP contribution < -0.4 is 0 Å². The Hall–Kier alpha value is -0.730. The molecule has 0 aliphatic rings. The van der Waals surface area contributed by atoms with Crippen molar-refractivity contribution in [2.45, 2.75) is 44.6 Å². The lowest BCUT2D eigenvalue weighted by atomic mass is 10.1. The van der Waals surface area contributed by atoms with Gasteiger partial charge in [-0.05, 0) is 50.7 Å². The van der Waals surface area contributed by atoms with Crippen molar-refractivity contribution in [3.63, 3.8) is 0 Å². The van der Waals surface area contributed by atoms with Gasteiger partial charge in [-0.2, -0.15) is 0 Å². The standard InChI is InChI=1S/C16H24OS/c1-14(13-17-16(2,3)4)9-8-12-18-15-10-6-5-7-11-15/h5-8,10-12,14H,9,13H2,1-4H3/b12-8+. The minimum absolute atomic E-state index is 0.0310. The van der Waals surface area contributed by atoms with Crippen LogP contribution >= 0.6 is 11.8 Å². The summed E-state index contributed by atoms with van der Waals surface area (Å²) in [5.41, 5.74) is -0.0310. The van der Waals surface area contributed by atoms with E-state index in [0.29, 0.717) is 5.92 Å². The first-order valence-electron chi connectivity index (χ1n) is 6.48. The zero-order valence-corrected chi connectivity index (χ0v) is 12.7. The highest BCUT2D eigenvalue weighted by Crippen LogP contribution is 2.19. The Labute approximate surface area is 116 Å². The van der Waals surface area contributed by atoms with Gasteiger partial charge in [0.1, 0.15) is 0 Å². The van der Waals surface area contributed by atoms with Gasteiger partial charge in [-0.3, -0.25) is 0 Å². The van der Waals surface area contributed by atoms with Crippen LogP contribution in [0.1, 0.15) is 34.1 Å². The molecule has 1 aromatic carbocycles. The molecule has 0 aliphatic heterocycles. The molecule has 0 aromatic heterocycles. The number of allylic oxidation sites excluding steroid dienone is 1. The minimum atomic E-state index is -0.0310. The highest BCUT2D eigenvalue weighted by molar-refractivity contribution is 8.02. The van der Waals surface area contributed by atoms with Crippen LogP contribution in [0.15, 0.2) is 46.7 Å². The maximum absolute atomic E-state index is 5.77.